The molecule has 1 nitrogen and oxygen atoms in total. The van der Waals surface area contributed by atoms with Crippen LogP contribution in [0.3, 0.4) is 0 Å². The predicted octanol–water partition coefficient (Wildman–Crippen LogP) is 11.8. The van der Waals surface area contributed by atoms with Crippen molar-refractivity contribution in [2.45, 2.75) is 24.7 Å². The van der Waals surface area contributed by atoms with E-state index < -0.39 is 5.41 Å². The minimum Gasteiger partial charge on any atom is -0.310 e. The molecule has 0 saturated carbocycles. The van der Waals surface area contributed by atoms with Crippen LogP contribution in [0.25, 0.3) is 33.4 Å². The van der Waals surface area contributed by atoms with Crippen LogP contribution in [-0.4, -0.2) is 0 Å². The summed E-state index contributed by atoms with van der Waals surface area (Å²) in [6.45, 7) is 13.2. The van der Waals surface area contributed by atoms with Gasteiger partial charge in [0.05, 0.1) is 11.1 Å². The first-order chi connectivity index (χ1) is 23.0. The van der Waals surface area contributed by atoms with Crippen molar-refractivity contribution in [2.24, 2.45) is 0 Å². The van der Waals surface area contributed by atoms with Gasteiger partial charge in [0, 0.05) is 16.8 Å². The van der Waals surface area contributed by atoms with Crippen LogP contribution in [-0.2, 0) is 10.8 Å². The van der Waals surface area contributed by atoms with Gasteiger partial charge < -0.3 is 4.90 Å². The van der Waals surface area contributed by atoms with E-state index in [-0.39, 0.29) is 5.41 Å². The molecule has 47 heavy (non-hydrogen) atoms. The zero-order valence-corrected chi connectivity index (χ0v) is 26.8. The van der Waals surface area contributed by atoms with E-state index in [9.17, 15) is 0 Å². The number of benzene rings is 6. The van der Waals surface area contributed by atoms with E-state index in [4.69, 9.17) is 0 Å². The molecule has 0 unspecified atom stereocenters. The van der Waals surface area contributed by atoms with E-state index in [1.807, 2.05) is 12.2 Å². The quantitative estimate of drug-likeness (QED) is 0.194. The maximum absolute atomic E-state index is 4.32. The van der Waals surface area contributed by atoms with Crippen molar-refractivity contribution in [1.82, 2.24) is 0 Å². The predicted molar refractivity (Wildman–Crippen MR) is 197 cm³/mol. The van der Waals surface area contributed by atoms with Gasteiger partial charge in [-0.15, -0.1) is 0 Å². The lowest BCUT2D eigenvalue weighted by Crippen LogP contribution is -2.33. The minimum absolute atomic E-state index is 0.205. The number of anilines is 2. The van der Waals surface area contributed by atoms with Gasteiger partial charge in [-0.2, -0.15) is 0 Å². The van der Waals surface area contributed by atoms with E-state index >= 15 is 0 Å². The third-order valence-corrected chi connectivity index (χ3v) is 10.8. The molecular weight excluding hydrogens is 567 g/mol. The highest BCUT2D eigenvalue weighted by molar-refractivity contribution is 5.97. The summed E-state index contributed by atoms with van der Waals surface area (Å²) in [7, 11) is 0. The van der Waals surface area contributed by atoms with E-state index in [1.54, 1.807) is 0 Å². The highest BCUT2D eigenvalue weighted by atomic mass is 15.2. The van der Waals surface area contributed by atoms with Crippen LogP contribution in [0.5, 0.6) is 0 Å². The van der Waals surface area contributed by atoms with E-state index in [2.05, 4.69) is 171 Å². The number of hydrogen-bond donors (Lipinski definition) is 0. The lowest BCUT2D eigenvalue weighted by molar-refractivity contribution is 0.621. The van der Waals surface area contributed by atoms with Crippen LogP contribution in [0.2, 0.25) is 0 Å². The third-order valence-electron chi connectivity index (χ3n) is 10.8. The molecule has 2 aliphatic carbocycles. The van der Waals surface area contributed by atoms with Gasteiger partial charge in [-0.05, 0) is 97.1 Å². The summed E-state index contributed by atoms with van der Waals surface area (Å²) in [6, 6.07) is 51.7. The summed E-state index contributed by atoms with van der Waals surface area (Å²) >= 11 is 0. The Morgan fingerprint density at radius 1 is 0.489 bits per heavy atom. The Labute approximate surface area is 277 Å². The van der Waals surface area contributed by atoms with E-state index in [0.717, 1.165) is 11.4 Å². The Kier molecular flexibility index (Phi) is 5.83. The summed E-state index contributed by atoms with van der Waals surface area (Å²) < 4.78 is 0. The topological polar surface area (TPSA) is 3.24 Å². The van der Waals surface area contributed by atoms with Crippen LogP contribution < -0.4 is 4.90 Å². The van der Waals surface area contributed by atoms with Gasteiger partial charge in [0.2, 0.25) is 0 Å². The second-order valence-corrected chi connectivity index (χ2v) is 13.4. The van der Waals surface area contributed by atoms with E-state index in [0.29, 0.717) is 0 Å². The number of para-hydroxylation sites is 1. The monoisotopic (exact) mass is 601 g/mol. The Balaban J connectivity index is 1.37. The maximum Gasteiger partial charge on any atom is 0.0726 e. The molecule has 0 radical (unpaired) electrons. The van der Waals surface area contributed by atoms with Gasteiger partial charge in [0.15, 0.2) is 0 Å². The van der Waals surface area contributed by atoms with Crippen molar-refractivity contribution >= 4 is 11.4 Å². The lowest BCUT2D eigenvalue weighted by atomic mass is 9.70. The smallest absolute Gasteiger partial charge is 0.0726 e. The number of allylic oxidation sites excluding steroid dienone is 3. The first kappa shape index (κ1) is 27.6. The molecule has 0 amide bonds. The lowest BCUT2D eigenvalue weighted by Gasteiger charge is -2.42. The molecule has 1 heterocycles. The molecule has 224 valence electrons. The molecule has 1 aliphatic heterocycles. The number of hydrogen-bond acceptors (Lipinski definition) is 1. The maximum atomic E-state index is 4.32. The standard InChI is InChI=1S/C46H35N/c1-5-37-43(6-2)47(44-23-15-14-22-40(44)45(37,3)4)32-25-27-36-35-26-24-31(30-16-8-7-9-17-30)28-41(35)46(42(36)29-32)38-20-12-10-18-33(38)34-19-11-13-21-39(34)46/h5-29H,1-2H2,3-4H3. The molecule has 1 spiro atoms. The molecular formula is C46H35N. The number of fused-ring (bicyclic) bond motifs is 11. The van der Waals surface area contributed by atoms with Gasteiger partial charge >= 0.3 is 0 Å². The van der Waals surface area contributed by atoms with Gasteiger partial charge in [-0.1, -0.05) is 148 Å². The number of rotatable bonds is 4. The summed E-state index contributed by atoms with van der Waals surface area (Å²) in [4.78, 5) is 2.39. The average molecular weight is 602 g/mol. The normalized spacial score (nSPS) is 15.8. The zero-order chi connectivity index (χ0) is 31.9. The molecule has 0 aromatic heterocycles. The fourth-order valence-corrected chi connectivity index (χ4v) is 8.83. The van der Waals surface area contributed by atoms with Gasteiger partial charge in [0.1, 0.15) is 0 Å². The molecule has 0 atom stereocenters. The van der Waals surface area contributed by atoms with E-state index in [1.165, 1.54) is 72.5 Å². The second-order valence-electron chi connectivity index (χ2n) is 13.4. The largest absolute Gasteiger partial charge is 0.310 e. The van der Waals surface area contributed by atoms with Crippen molar-refractivity contribution in [2.75, 3.05) is 4.90 Å². The van der Waals surface area contributed by atoms with Crippen LogP contribution in [0.15, 0.2) is 176 Å². The molecule has 6 aromatic carbocycles. The SMILES string of the molecule is C=CC1=C(C=C)C(C)(C)c2ccccc2N1c1ccc2c(c1)C1(c3ccccc3-c3ccccc31)c1cc(-c3ccccc3)ccc1-2. The fraction of sp³-hybridized carbons (Fsp3) is 0.0870. The molecule has 6 aromatic rings. The fourth-order valence-electron chi connectivity index (χ4n) is 8.83. The van der Waals surface area contributed by atoms with Gasteiger partial charge in [-0.3, -0.25) is 0 Å². The third kappa shape index (κ3) is 3.54. The summed E-state index contributed by atoms with van der Waals surface area (Å²) in [5.74, 6) is 0. The highest BCUT2D eigenvalue weighted by Crippen LogP contribution is 2.64. The van der Waals surface area contributed by atoms with Crippen molar-refractivity contribution in [1.29, 1.82) is 0 Å². The van der Waals surface area contributed by atoms with Crippen LogP contribution in [0.1, 0.15) is 41.7 Å². The van der Waals surface area contributed by atoms with Crippen molar-refractivity contribution < 1.29 is 0 Å². The average Bonchev–Trinajstić information content (AvgIpc) is 3.58. The number of nitrogens with zero attached hydrogens (tertiary/aromatic N) is 1. The Hall–Kier alpha value is -5.66. The van der Waals surface area contributed by atoms with Crippen molar-refractivity contribution in [3.8, 4) is 33.4 Å². The summed E-state index contributed by atoms with van der Waals surface area (Å²) in [5.41, 5.74) is 18.2. The van der Waals surface area contributed by atoms with Crippen LogP contribution >= 0.6 is 0 Å². The van der Waals surface area contributed by atoms with Gasteiger partial charge in [0.25, 0.3) is 0 Å². The summed E-state index contributed by atoms with van der Waals surface area (Å²) in [5, 5.41) is 0. The van der Waals surface area contributed by atoms with Gasteiger partial charge in [-0.25, -0.2) is 0 Å². The van der Waals surface area contributed by atoms with Crippen molar-refractivity contribution in [3.05, 3.63) is 204 Å². The second kappa shape index (κ2) is 9.92. The molecule has 3 aliphatic rings. The Bertz CT molecular complexity index is 2270. The van der Waals surface area contributed by atoms with Crippen molar-refractivity contribution in [3.63, 3.8) is 0 Å². The van der Waals surface area contributed by atoms with Crippen LogP contribution in [0, 0.1) is 0 Å². The Morgan fingerprint density at radius 2 is 1.04 bits per heavy atom. The zero-order valence-electron chi connectivity index (χ0n) is 26.8. The molecule has 1 heteroatoms. The first-order valence-corrected chi connectivity index (χ1v) is 16.4. The molecule has 9 rings (SSSR count). The molecule has 0 bridgehead atoms. The summed E-state index contributed by atoms with van der Waals surface area (Å²) in [6.07, 6.45) is 4.01. The highest BCUT2D eigenvalue weighted by Gasteiger charge is 2.52. The van der Waals surface area contributed by atoms with Crippen LogP contribution in [0.4, 0.5) is 11.4 Å². The minimum atomic E-state index is -0.452. The molecule has 0 saturated heterocycles. The Morgan fingerprint density at radius 3 is 1.70 bits per heavy atom. The molecule has 0 N–H and O–H groups in total. The molecule has 0 fully saturated rings. The first-order valence-electron chi connectivity index (χ1n) is 16.4.